The molecule has 1 aromatic heterocycles. The van der Waals surface area contributed by atoms with E-state index in [1.165, 1.54) is 21.0 Å². The Hall–Kier alpha value is -2.43. The van der Waals surface area contributed by atoms with Gasteiger partial charge in [-0.25, -0.2) is 13.2 Å². The van der Waals surface area contributed by atoms with E-state index in [0.717, 1.165) is 4.47 Å². The number of sulfonamides is 1. The molecule has 0 atom stereocenters. The Morgan fingerprint density at radius 3 is 2.34 bits per heavy atom. The second kappa shape index (κ2) is 7.43. The molecule has 0 radical (unpaired) electrons. The number of benzene rings is 2. The number of aryl methyl sites for hydroxylation is 1. The van der Waals surface area contributed by atoms with Crippen molar-refractivity contribution in [2.24, 2.45) is 7.05 Å². The first kappa shape index (κ1) is 19.9. The molecule has 1 saturated heterocycles. The molecule has 0 bridgehead atoms. The van der Waals surface area contributed by atoms with E-state index in [-0.39, 0.29) is 29.5 Å². The molecule has 1 amide bonds. The lowest BCUT2D eigenvalue weighted by molar-refractivity contribution is 0.0698. The number of hydrogen-bond acceptors (Lipinski definition) is 5. The molecule has 1 aliphatic heterocycles. The minimum atomic E-state index is -3.76. The van der Waals surface area contributed by atoms with E-state index >= 15 is 0 Å². The number of rotatable bonds is 3. The van der Waals surface area contributed by atoms with Gasteiger partial charge in [-0.1, -0.05) is 15.9 Å². The molecule has 152 valence electrons. The Labute approximate surface area is 175 Å². The predicted molar refractivity (Wildman–Crippen MR) is 110 cm³/mol. The summed E-state index contributed by atoms with van der Waals surface area (Å²) in [5.74, 6) is -0.670. The van der Waals surface area contributed by atoms with Crippen molar-refractivity contribution in [3.63, 3.8) is 0 Å². The molecule has 4 rings (SSSR count). The summed E-state index contributed by atoms with van der Waals surface area (Å²) < 4.78 is 34.6. The monoisotopic (exact) mass is 479 g/mol. The molecule has 0 aliphatic carbocycles. The van der Waals surface area contributed by atoms with Crippen LogP contribution in [0.25, 0.3) is 11.1 Å². The molecule has 0 unspecified atom stereocenters. The van der Waals surface area contributed by atoms with Crippen molar-refractivity contribution in [1.29, 1.82) is 0 Å². The van der Waals surface area contributed by atoms with Gasteiger partial charge in [0.25, 0.3) is 5.91 Å². The molecule has 1 fully saturated rings. The smallest absolute Gasteiger partial charge is 0.408 e. The van der Waals surface area contributed by atoms with Crippen LogP contribution in [0.15, 0.2) is 61.0 Å². The molecule has 0 N–H and O–H groups in total. The first-order valence-electron chi connectivity index (χ1n) is 8.92. The maximum Gasteiger partial charge on any atom is 0.419 e. The second-order valence-corrected chi connectivity index (χ2v) is 9.61. The van der Waals surface area contributed by atoms with Crippen LogP contribution in [0.3, 0.4) is 0 Å². The second-order valence-electron chi connectivity index (χ2n) is 6.76. The van der Waals surface area contributed by atoms with Gasteiger partial charge >= 0.3 is 5.76 Å². The van der Waals surface area contributed by atoms with E-state index in [0.29, 0.717) is 24.2 Å². The van der Waals surface area contributed by atoms with Crippen molar-refractivity contribution < 1.29 is 17.6 Å². The highest BCUT2D eigenvalue weighted by Crippen LogP contribution is 2.23. The van der Waals surface area contributed by atoms with Gasteiger partial charge in [-0.3, -0.25) is 9.36 Å². The van der Waals surface area contributed by atoms with Gasteiger partial charge in [0, 0.05) is 49.3 Å². The quantitative estimate of drug-likeness (QED) is 0.572. The van der Waals surface area contributed by atoms with Crippen molar-refractivity contribution >= 4 is 43.0 Å². The fraction of sp³-hybridized carbons (Fsp3) is 0.263. The summed E-state index contributed by atoms with van der Waals surface area (Å²) in [6, 6.07) is 11.5. The van der Waals surface area contributed by atoms with E-state index < -0.39 is 15.8 Å². The van der Waals surface area contributed by atoms with Crippen LogP contribution in [0.5, 0.6) is 0 Å². The van der Waals surface area contributed by atoms with Crippen LogP contribution < -0.4 is 5.76 Å². The normalized spacial score (nSPS) is 15.7. The van der Waals surface area contributed by atoms with Gasteiger partial charge < -0.3 is 9.32 Å². The van der Waals surface area contributed by atoms with Crippen molar-refractivity contribution in [2.75, 3.05) is 26.2 Å². The molecular weight excluding hydrogens is 462 g/mol. The van der Waals surface area contributed by atoms with Gasteiger partial charge in [0.15, 0.2) is 5.58 Å². The number of carbonyl (C=O) groups is 1. The van der Waals surface area contributed by atoms with Crippen LogP contribution in [0.4, 0.5) is 0 Å². The van der Waals surface area contributed by atoms with Crippen LogP contribution in [0.2, 0.25) is 0 Å². The molecular formula is C19H18BrN3O5S. The van der Waals surface area contributed by atoms with Crippen molar-refractivity contribution in [1.82, 2.24) is 13.8 Å². The van der Waals surface area contributed by atoms with Gasteiger partial charge in [0.1, 0.15) is 0 Å². The Morgan fingerprint density at radius 1 is 1.03 bits per heavy atom. The lowest BCUT2D eigenvalue weighted by Crippen LogP contribution is -2.50. The highest BCUT2D eigenvalue weighted by Gasteiger charge is 2.31. The van der Waals surface area contributed by atoms with E-state index in [9.17, 15) is 18.0 Å². The molecule has 29 heavy (non-hydrogen) atoms. The van der Waals surface area contributed by atoms with Gasteiger partial charge in [0.2, 0.25) is 10.0 Å². The van der Waals surface area contributed by atoms with Crippen molar-refractivity contribution in [3.8, 4) is 0 Å². The topological polar surface area (TPSA) is 92.8 Å². The van der Waals surface area contributed by atoms with Gasteiger partial charge in [0.05, 0.1) is 10.4 Å². The van der Waals surface area contributed by atoms with E-state index in [4.69, 9.17) is 4.42 Å². The molecule has 3 aromatic rings. The van der Waals surface area contributed by atoms with Crippen molar-refractivity contribution in [3.05, 3.63) is 63.1 Å². The maximum atomic E-state index is 13.0. The van der Waals surface area contributed by atoms with Gasteiger partial charge in [-0.2, -0.15) is 4.31 Å². The fourth-order valence-corrected chi connectivity index (χ4v) is 5.03. The zero-order valence-corrected chi connectivity index (χ0v) is 17.9. The summed E-state index contributed by atoms with van der Waals surface area (Å²) >= 11 is 3.34. The lowest BCUT2D eigenvalue weighted by Gasteiger charge is -2.34. The highest BCUT2D eigenvalue weighted by molar-refractivity contribution is 9.10. The number of oxazole rings is 1. The Kier molecular flexibility index (Phi) is 5.09. The lowest BCUT2D eigenvalue weighted by atomic mass is 10.2. The van der Waals surface area contributed by atoms with Crippen molar-refractivity contribution in [2.45, 2.75) is 4.90 Å². The minimum absolute atomic E-state index is 0.0621. The summed E-state index contributed by atoms with van der Waals surface area (Å²) in [5.41, 5.74) is 1.32. The van der Waals surface area contributed by atoms with E-state index in [2.05, 4.69) is 15.9 Å². The fourth-order valence-electron chi connectivity index (χ4n) is 3.33. The first-order chi connectivity index (χ1) is 13.8. The summed E-state index contributed by atoms with van der Waals surface area (Å²) in [6.45, 7) is 0.996. The third-order valence-corrected chi connectivity index (χ3v) is 7.44. The zero-order valence-electron chi connectivity index (χ0n) is 15.5. The number of carbonyl (C=O) groups excluding carboxylic acids is 1. The summed E-state index contributed by atoms with van der Waals surface area (Å²) in [5, 5.41) is 0. The van der Waals surface area contributed by atoms with Crippen LogP contribution in [0, 0.1) is 0 Å². The van der Waals surface area contributed by atoms with Crippen LogP contribution in [-0.4, -0.2) is 54.3 Å². The largest absolute Gasteiger partial charge is 0.419 e. The number of fused-ring (bicyclic) bond motifs is 1. The third-order valence-electron chi connectivity index (χ3n) is 5.02. The van der Waals surface area contributed by atoms with Gasteiger partial charge in [-0.05, 0) is 36.4 Å². The average molecular weight is 480 g/mol. The van der Waals surface area contributed by atoms with Crippen LogP contribution in [0.1, 0.15) is 10.4 Å². The number of aromatic nitrogens is 1. The third kappa shape index (κ3) is 3.63. The molecule has 8 nitrogen and oxygen atoms in total. The molecule has 1 aliphatic rings. The summed E-state index contributed by atoms with van der Waals surface area (Å²) in [7, 11) is -2.20. The number of nitrogens with zero attached hydrogens (tertiary/aromatic N) is 3. The summed E-state index contributed by atoms with van der Waals surface area (Å²) in [4.78, 5) is 26.0. The van der Waals surface area contributed by atoms with Gasteiger partial charge in [-0.15, -0.1) is 0 Å². The maximum absolute atomic E-state index is 13.0. The number of piperazine rings is 1. The number of halogens is 1. The first-order valence-corrected chi connectivity index (χ1v) is 11.2. The predicted octanol–water partition coefficient (Wildman–Crippen LogP) is 2.04. The van der Waals surface area contributed by atoms with E-state index in [1.807, 2.05) is 0 Å². The Morgan fingerprint density at radius 2 is 1.69 bits per heavy atom. The van der Waals surface area contributed by atoms with Crippen LogP contribution in [-0.2, 0) is 17.1 Å². The Bertz CT molecular complexity index is 1240. The molecule has 0 spiro atoms. The molecule has 10 heteroatoms. The molecule has 2 heterocycles. The number of hydrogen-bond donors (Lipinski definition) is 0. The molecule has 2 aromatic carbocycles. The average Bonchev–Trinajstić information content (AvgIpc) is 3.01. The van der Waals surface area contributed by atoms with E-state index in [1.54, 1.807) is 42.3 Å². The number of amides is 1. The highest BCUT2D eigenvalue weighted by atomic mass is 79.9. The zero-order chi connectivity index (χ0) is 20.8. The molecule has 0 saturated carbocycles. The summed E-state index contributed by atoms with van der Waals surface area (Å²) in [6.07, 6.45) is 0. The SMILES string of the molecule is Cn1c(=O)oc2cc(S(=O)(=O)N3CCN(C(=O)c4ccc(Br)cc4)CC3)ccc21. The minimum Gasteiger partial charge on any atom is -0.408 e. The van der Waals surface area contributed by atoms with Crippen LogP contribution >= 0.6 is 15.9 Å². The Balaban J connectivity index is 1.50. The standard InChI is InChI=1S/C19H18BrN3O5S/c1-21-16-7-6-15(12-17(16)28-19(21)25)29(26,27)23-10-8-22(9-11-23)18(24)13-2-4-14(20)5-3-13/h2-7,12H,8-11H2,1H3.